The second-order valence-corrected chi connectivity index (χ2v) is 4.46. The number of aromatic nitrogens is 1. The largest absolute Gasteiger partial charge is 0.480 e. The molecular weight excluding hydrogens is 218 g/mol. The fraction of sp³-hybridized carbons (Fsp3) is 0.500. The van der Waals surface area contributed by atoms with Gasteiger partial charge in [-0.25, -0.2) is 4.98 Å². The van der Waals surface area contributed by atoms with E-state index in [2.05, 4.69) is 9.88 Å². The summed E-state index contributed by atoms with van der Waals surface area (Å²) in [5.41, 5.74) is 2.08. The molecule has 0 spiro atoms. The van der Waals surface area contributed by atoms with E-state index < -0.39 is 5.97 Å². The number of hydrogen-bond acceptors (Lipinski definition) is 4. The Bertz CT molecular complexity index is 434. The standard InChI is InChI=1S/C12H17N3O2/c1-9-3-4-10-7-15(8-11(16)17)6-5-14(2)12(10)13-9/h3-4H,5-8H2,1-2H3,(H,16,17). The van der Waals surface area contributed by atoms with E-state index in [-0.39, 0.29) is 6.54 Å². The zero-order valence-electron chi connectivity index (χ0n) is 10.2. The maximum absolute atomic E-state index is 10.8. The van der Waals surface area contributed by atoms with Crippen molar-refractivity contribution in [3.63, 3.8) is 0 Å². The molecule has 5 heteroatoms. The lowest BCUT2D eigenvalue weighted by Gasteiger charge is -2.18. The lowest BCUT2D eigenvalue weighted by atomic mass is 10.2. The van der Waals surface area contributed by atoms with Crippen molar-refractivity contribution >= 4 is 11.8 Å². The molecule has 0 saturated heterocycles. The summed E-state index contributed by atoms with van der Waals surface area (Å²) in [4.78, 5) is 19.3. The number of pyridine rings is 1. The Morgan fingerprint density at radius 3 is 2.94 bits per heavy atom. The van der Waals surface area contributed by atoms with Crippen LogP contribution in [-0.4, -0.2) is 47.6 Å². The Labute approximate surface area is 101 Å². The molecule has 17 heavy (non-hydrogen) atoms. The van der Waals surface area contributed by atoms with Gasteiger partial charge in [0.15, 0.2) is 0 Å². The Morgan fingerprint density at radius 2 is 2.24 bits per heavy atom. The van der Waals surface area contributed by atoms with E-state index in [0.717, 1.165) is 30.2 Å². The van der Waals surface area contributed by atoms with E-state index in [0.29, 0.717) is 6.54 Å². The summed E-state index contributed by atoms with van der Waals surface area (Å²) < 4.78 is 0. The van der Waals surface area contributed by atoms with Crippen molar-refractivity contribution < 1.29 is 9.90 Å². The third-order valence-corrected chi connectivity index (χ3v) is 2.96. The highest BCUT2D eigenvalue weighted by Crippen LogP contribution is 2.21. The van der Waals surface area contributed by atoms with Gasteiger partial charge in [0.25, 0.3) is 0 Å². The number of aliphatic carboxylic acids is 1. The summed E-state index contributed by atoms with van der Waals surface area (Å²) in [5.74, 6) is 0.189. The molecule has 0 fully saturated rings. The average molecular weight is 235 g/mol. The quantitative estimate of drug-likeness (QED) is 0.819. The van der Waals surface area contributed by atoms with E-state index in [1.54, 1.807) is 0 Å². The minimum Gasteiger partial charge on any atom is -0.480 e. The van der Waals surface area contributed by atoms with Crippen LogP contribution >= 0.6 is 0 Å². The van der Waals surface area contributed by atoms with Gasteiger partial charge in [-0.15, -0.1) is 0 Å². The Morgan fingerprint density at radius 1 is 1.47 bits per heavy atom. The molecule has 0 bridgehead atoms. The first-order valence-corrected chi connectivity index (χ1v) is 5.68. The zero-order valence-corrected chi connectivity index (χ0v) is 10.2. The van der Waals surface area contributed by atoms with Crippen LogP contribution in [0.5, 0.6) is 0 Å². The van der Waals surface area contributed by atoms with Gasteiger partial charge in [-0.3, -0.25) is 9.69 Å². The van der Waals surface area contributed by atoms with E-state index in [9.17, 15) is 4.79 Å². The minimum atomic E-state index is -0.781. The number of likely N-dealkylation sites (N-methyl/N-ethyl adjacent to an activating group) is 1. The van der Waals surface area contributed by atoms with Gasteiger partial charge >= 0.3 is 5.97 Å². The molecule has 0 aromatic carbocycles. The Hall–Kier alpha value is -1.62. The first-order chi connectivity index (χ1) is 8.06. The van der Waals surface area contributed by atoms with Crippen LogP contribution < -0.4 is 4.90 Å². The second kappa shape index (κ2) is 4.71. The number of fused-ring (bicyclic) bond motifs is 1. The van der Waals surface area contributed by atoms with Crippen LogP contribution in [0, 0.1) is 6.92 Å². The average Bonchev–Trinajstić information content (AvgIpc) is 2.40. The number of aryl methyl sites for hydroxylation is 1. The fourth-order valence-electron chi connectivity index (χ4n) is 2.07. The Kier molecular flexibility index (Phi) is 3.28. The molecule has 1 aliphatic heterocycles. The van der Waals surface area contributed by atoms with Gasteiger partial charge in [-0.1, -0.05) is 6.07 Å². The smallest absolute Gasteiger partial charge is 0.317 e. The topological polar surface area (TPSA) is 56.7 Å². The van der Waals surface area contributed by atoms with E-state index in [1.165, 1.54) is 0 Å². The number of carboxylic acids is 1. The second-order valence-electron chi connectivity index (χ2n) is 4.46. The molecule has 0 saturated carbocycles. The van der Waals surface area contributed by atoms with Gasteiger partial charge in [-0.2, -0.15) is 0 Å². The lowest BCUT2D eigenvalue weighted by molar-refractivity contribution is -0.138. The highest BCUT2D eigenvalue weighted by Gasteiger charge is 2.19. The summed E-state index contributed by atoms with van der Waals surface area (Å²) in [6.07, 6.45) is 0. The van der Waals surface area contributed by atoms with Crippen LogP contribution in [0.25, 0.3) is 0 Å². The molecule has 1 N–H and O–H groups in total. The lowest BCUT2D eigenvalue weighted by Crippen LogP contribution is -2.33. The normalized spacial score (nSPS) is 16.5. The predicted octanol–water partition coefficient (Wildman–Crippen LogP) is 0.726. The van der Waals surface area contributed by atoms with Gasteiger partial charge in [0.2, 0.25) is 0 Å². The van der Waals surface area contributed by atoms with Crippen LogP contribution in [0.2, 0.25) is 0 Å². The molecule has 2 rings (SSSR count). The molecule has 1 aromatic rings. The number of hydrogen-bond donors (Lipinski definition) is 1. The fourth-order valence-corrected chi connectivity index (χ4v) is 2.07. The van der Waals surface area contributed by atoms with Crippen LogP contribution in [0.15, 0.2) is 12.1 Å². The summed E-state index contributed by atoms with van der Waals surface area (Å²) >= 11 is 0. The molecule has 0 amide bonds. The molecule has 0 radical (unpaired) electrons. The molecule has 5 nitrogen and oxygen atoms in total. The molecule has 1 aliphatic rings. The van der Waals surface area contributed by atoms with Crippen LogP contribution in [0.3, 0.4) is 0 Å². The molecule has 92 valence electrons. The molecule has 0 atom stereocenters. The highest BCUT2D eigenvalue weighted by atomic mass is 16.4. The van der Waals surface area contributed by atoms with Crippen molar-refractivity contribution in [2.75, 3.05) is 31.6 Å². The number of nitrogens with zero attached hydrogens (tertiary/aromatic N) is 3. The Balaban J connectivity index is 2.25. The summed E-state index contributed by atoms with van der Waals surface area (Å²) in [7, 11) is 2.00. The maximum atomic E-state index is 10.8. The third-order valence-electron chi connectivity index (χ3n) is 2.96. The molecule has 1 aromatic heterocycles. The summed E-state index contributed by atoms with van der Waals surface area (Å²) in [5, 5.41) is 8.84. The maximum Gasteiger partial charge on any atom is 0.317 e. The third kappa shape index (κ3) is 2.74. The number of carboxylic acid groups (broad SMARTS) is 1. The number of anilines is 1. The first-order valence-electron chi connectivity index (χ1n) is 5.68. The van der Waals surface area contributed by atoms with Crippen molar-refractivity contribution in [1.82, 2.24) is 9.88 Å². The predicted molar refractivity (Wildman–Crippen MR) is 65.2 cm³/mol. The van der Waals surface area contributed by atoms with Gasteiger partial charge in [0.1, 0.15) is 5.82 Å². The van der Waals surface area contributed by atoms with Crippen molar-refractivity contribution in [2.45, 2.75) is 13.5 Å². The zero-order chi connectivity index (χ0) is 12.4. The SMILES string of the molecule is Cc1ccc2c(n1)N(C)CCN(CC(=O)O)C2. The summed E-state index contributed by atoms with van der Waals surface area (Å²) in [6.45, 7) is 4.25. The monoisotopic (exact) mass is 235 g/mol. The number of carbonyl (C=O) groups is 1. The van der Waals surface area contributed by atoms with Crippen molar-refractivity contribution in [2.24, 2.45) is 0 Å². The molecule has 2 heterocycles. The first kappa shape index (κ1) is 11.9. The minimum absolute atomic E-state index is 0.0845. The van der Waals surface area contributed by atoms with E-state index in [4.69, 9.17) is 5.11 Å². The van der Waals surface area contributed by atoms with Gasteiger partial charge < -0.3 is 10.0 Å². The van der Waals surface area contributed by atoms with Gasteiger partial charge in [0.05, 0.1) is 6.54 Å². The summed E-state index contributed by atoms with van der Waals surface area (Å²) in [6, 6.07) is 4.01. The number of rotatable bonds is 2. The van der Waals surface area contributed by atoms with Crippen molar-refractivity contribution in [3.8, 4) is 0 Å². The van der Waals surface area contributed by atoms with Crippen molar-refractivity contribution in [3.05, 3.63) is 23.4 Å². The van der Waals surface area contributed by atoms with Crippen LogP contribution in [0.4, 0.5) is 5.82 Å². The van der Waals surface area contributed by atoms with E-state index in [1.807, 2.05) is 31.0 Å². The van der Waals surface area contributed by atoms with Crippen LogP contribution in [-0.2, 0) is 11.3 Å². The highest BCUT2D eigenvalue weighted by molar-refractivity contribution is 5.69. The van der Waals surface area contributed by atoms with Crippen molar-refractivity contribution in [1.29, 1.82) is 0 Å². The van der Waals surface area contributed by atoms with Gasteiger partial charge in [-0.05, 0) is 13.0 Å². The van der Waals surface area contributed by atoms with Crippen LogP contribution in [0.1, 0.15) is 11.3 Å². The molecule has 0 unspecified atom stereocenters. The van der Waals surface area contributed by atoms with E-state index >= 15 is 0 Å². The molecule has 0 aliphatic carbocycles. The van der Waals surface area contributed by atoms with Gasteiger partial charge in [0, 0.05) is 37.9 Å². The molecular formula is C12H17N3O2.